The molecule has 0 unspecified atom stereocenters. The fourth-order valence-corrected chi connectivity index (χ4v) is 2.75. The zero-order chi connectivity index (χ0) is 18.3. The number of amides is 1. The van der Waals surface area contributed by atoms with Gasteiger partial charge in [0.2, 0.25) is 11.8 Å². The summed E-state index contributed by atoms with van der Waals surface area (Å²) in [6.07, 6.45) is -2.35. The van der Waals surface area contributed by atoms with E-state index in [1.165, 1.54) is 0 Å². The van der Waals surface area contributed by atoms with Crippen molar-refractivity contribution in [2.75, 3.05) is 20.1 Å². The van der Waals surface area contributed by atoms with Gasteiger partial charge < -0.3 is 9.32 Å². The lowest BCUT2D eigenvalue weighted by molar-refractivity contribution is -0.159. The lowest BCUT2D eigenvalue weighted by Crippen LogP contribution is -2.43. The van der Waals surface area contributed by atoms with E-state index in [1.807, 2.05) is 27.7 Å². The van der Waals surface area contributed by atoms with E-state index < -0.39 is 24.7 Å². The summed E-state index contributed by atoms with van der Waals surface area (Å²) in [5.41, 5.74) is -0.184. The second kappa shape index (κ2) is 6.38. The first kappa shape index (κ1) is 18.8. The third kappa shape index (κ3) is 4.09. The topological polar surface area (TPSA) is 49.6 Å². The molecule has 1 fully saturated rings. The van der Waals surface area contributed by atoms with Crippen molar-refractivity contribution in [3.05, 3.63) is 17.8 Å². The standard InChI is InChI=1S/C16H24F3N3O2/c1-10(13-20-8-12(24-13)15(2,3)4)21(5)11-6-7-22(14(11)23)9-16(17,18)19/h8,10-11H,6-7,9H2,1-5H3/t10-,11+/m1/s1. The Bertz CT molecular complexity index is 592. The number of nitrogens with zero attached hydrogens (tertiary/aromatic N) is 3. The average molecular weight is 347 g/mol. The van der Waals surface area contributed by atoms with E-state index in [0.717, 1.165) is 10.7 Å². The summed E-state index contributed by atoms with van der Waals surface area (Å²) in [5.74, 6) is 0.697. The minimum atomic E-state index is -4.38. The highest BCUT2D eigenvalue weighted by Gasteiger charge is 2.42. The summed E-state index contributed by atoms with van der Waals surface area (Å²) >= 11 is 0. The van der Waals surface area contributed by atoms with Gasteiger partial charge in [-0.15, -0.1) is 0 Å². The fraction of sp³-hybridized carbons (Fsp3) is 0.750. The molecule has 5 nitrogen and oxygen atoms in total. The van der Waals surface area contributed by atoms with Crippen LogP contribution in [0.15, 0.2) is 10.6 Å². The first-order valence-electron chi connectivity index (χ1n) is 7.94. The highest BCUT2D eigenvalue weighted by Crippen LogP contribution is 2.30. The first-order chi connectivity index (χ1) is 10.9. The number of alkyl halides is 3. The molecule has 136 valence electrons. The summed E-state index contributed by atoms with van der Waals surface area (Å²) in [4.78, 5) is 19.1. The van der Waals surface area contributed by atoms with Crippen molar-refractivity contribution >= 4 is 5.91 Å². The summed E-state index contributed by atoms with van der Waals surface area (Å²) in [5, 5.41) is 0. The van der Waals surface area contributed by atoms with Crippen LogP contribution < -0.4 is 0 Å². The van der Waals surface area contributed by atoms with E-state index >= 15 is 0 Å². The van der Waals surface area contributed by atoms with Crippen LogP contribution in [0, 0.1) is 0 Å². The maximum Gasteiger partial charge on any atom is 0.406 e. The lowest BCUT2D eigenvalue weighted by Gasteiger charge is -2.28. The number of halogens is 3. The molecule has 24 heavy (non-hydrogen) atoms. The zero-order valence-electron chi connectivity index (χ0n) is 14.6. The predicted octanol–water partition coefficient (Wildman–Crippen LogP) is 3.13. The molecule has 2 heterocycles. The molecule has 1 aromatic rings. The Hall–Kier alpha value is -1.57. The lowest BCUT2D eigenvalue weighted by atomic mass is 9.94. The smallest absolute Gasteiger partial charge is 0.406 e. The summed E-state index contributed by atoms with van der Waals surface area (Å²) in [6.45, 7) is 6.75. The number of likely N-dealkylation sites (tertiary alicyclic amines) is 1. The van der Waals surface area contributed by atoms with E-state index in [0.29, 0.717) is 12.3 Å². The second-order valence-corrected chi connectivity index (χ2v) is 7.33. The van der Waals surface area contributed by atoms with Crippen molar-refractivity contribution < 1.29 is 22.4 Å². The maximum atomic E-state index is 12.5. The van der Waals surface area contributed by atoms with Crippen LogP contribution in [0.3, 0.4) is 0 Å². The number of likely N-dealkylation sites (N-methyl/N-ethyl adjacent to an activating group) is 1. The molecule has 8 heteroatoms. The van der Waals surface area contributed by atoms with Gasteiger partial charge >= 0.3 is 6.18 Å². The number of carbonyl (C=O) groups excluding carboxylic acids is 1. The Morgan fingerprint density at radius 2 is 2.04 bits per heavy atom. The Kier molecular flexibility index (Phi) is 4.99. The molecule has 2 atom stereocenters. The molecule has 0 aromatic carbocycles. The average Bonchev–Trinajstić information content (AvgIpc) is 3.04. The van der Waals surface area contributed by atoms with Crippen molar-refractivity contribution in [1.82, 2.24) is 14.8 Å². The highest BCUT2D eigenvalue weighted by atomic mass is 19.4. The van der Waals surface area contributed by atoms with Gasteiger partial charge in [-0.05, 0) is 20.4 Å². The number of rotatable bonds is 4. The summed E-state index contributed by atoms with van der Waals surface area (Å²) in [7, 11) is 1.71. The Morgan fingerprint density at radius 3 is 2.54 bits per heavy atom. The fourth-order valence-electron chi connectivity index (χ4n) is 2.75. The monoisotopic (exact) mass is 347 g/mol. The number of carbonyl (C=O) groups is 1. The SMILES string of the molecule is C[C@H](c1ncc(C(C)(C)C)o1)N(C)[C@H]1CCN(CC(F)(F)F)C1=O. The van der Waals surface area contributed by atoms with Crippen LogP contribution in [0.4, 0.5) is 13.2 Å². The van der Waals surface area contributed by atoms with Crippen LogP contribution in [0.2, 0.25) is 0 Å². The van der Waals surface area contributed by atoms with Crippen molar-refractivity contribution in [3.63, 3.8) is 0 Å². The molecule has 1 aromatic heterocycles. The third-order valence-electron chi connectivity index (χ3n) is 4.36. The Morgan fingerprint density at radius 1 is 1.42 bits per heavy atom. The molecular weight excluding hydrogens is 323 g/mol. The van der Waals surface area contributed by atoms with E-state index in [4.69, 9.17) is 4.42 Å². The normalized spacial score (nSPS) is 21.0. The molecule has 0 saturated carbocycles. The Labute approximate surface area is 139 Å². The molecule has 0 bridgehead atoms. The molecule has 0 N–H and O–H groups in total. The molecule has 1 saturated heterocycles. The minimum absolute atomic E-state index is 0.110. The van der Waals surface area contributed by atoms with Crippen LogP contribution in [0.5, 0.6) is 0 Å². The van der Waals surface area contributed by atoms with Crippen LogP contribution in [0.25, 0.3) is 0 Å². The quantitative estimate of drug-likeness (QED) is 0.840. The highest BCUT2D eigenvalue weighted by molar-refractivity contribution is 5.84. The van der Waals surface area contributed by atoms with Crippen molar-refractivity contribution in [3.8, 4) is 0 Å². The van der Waals surface area contributed by atoms with Gasteiger partial charge in [-0.3, -0.25) is 9.69 Å². The van der Waals surface area contributed by atoms with E-state index in [-0.39, 0.29) is 18.0 Å². The van der Waals surface area contributed by atoms with Crippen LogP contribution in [-0.4, -0.2) is 53.0 Å². The molecule has 1 amide bonds. The van der Waals surface area contributed by atoms with Gasteiger partial charge in [-0.25, -0.2) is 4.98 Å². The van der Waals surface area contributed by atoms with Crippen molar-refractivity contribution in [2.45, 2.75) is 57.8 Å². The van der Waals surface area contributed by atoms with E-state index in [1.54, 1.807) is 18.1 Å². The third-order valence-corrected chi connectivity index (χ3v) is 4.36. The maximum absolute atomic E-state index is 12.5. The number of aromatic nitrogens is 1. The van der Waals surface area contributed by atoms with Gasteiger partial charge in [0, 0.05) is 12.0 Å². The molecule has 0 aliphatic carbocycles. The molecule has 0 radical (unpaired) electrons. The van der Waals surface area contributed by atoms with Gasteiger partial charge in [0.25, 0.3) is 0 Å². The molecule has 2 rings (SSSR count). The van der Waals surface area contributed by atoms with Crippen molar-refractivity contribution in [2.24, 2.45) is 0 Å². The van der Waals surface area contributed by atoms with E-state index in [2.05, 4.69) is 4.98 Å². The minimum Gasteiger partial charge on any atom is -0.443 e. The number of hydrogen-bond donors (Lipinski definition) is 0. The molecule has 1 aliphatic rings. The first-order valence-corrected chi connectivity index (χ1v) is 7.94. The van der Waals surface area contributed by atoms with E-state index in [9.17, 15) is 18.0 Å². The van der Waals surface area contributed by atoms with Crippen molar-refractivity contribution in [1.29, 1.82) is 0 Å². The molecule has 0 spiro atoms. The van der Waals surface area contributed by atoms with Crippen LogP contribution in [0.1, 0.15) is 51.8 Å². The number of hydrogen-bond acceptors (Lipinski definition) is 4. The van der Waals surface area contributed by atoms with Gasteiger partial charge in [0.15, 0.2) is 0 Å². The van der Waals surface area contributed by atoms with Crippen LogP contribution >= 0.6 is 0 Å². The molecule has 1 aliphatic heterocycles. The molecular formula is C16H24F3N3O2. The summed E-state index contributed by atoms with van der Waals surface area (Å²) < 4.78 is 43.3. The second-order valence-electron chi connectivity index (χ2n) is 7.33. The zero-order valence-corrected chi connectivity index (χ0v) is 14.6. The van der Waals surface area contributed by atoms with Gasteiger partial charge in [-0.1, -0.05) is 20.8 Å². The van der Waals surface area contributed by atoms with Gasteiger partial charge in [0.05, 0.1) is 18.3 Å². The number of oxazole rings is 1. The Balaban J connectivity index is 2.07. The summed E-state index contributed by atoms with van der Waals surface area (Å²) in [6, 6.07) is -0.895. The largest absolute Gasteiger partial charge is 0.443 e. The predicted molar refractivity (Wildman–Crippen MR) is 82.4 cm³/mol. The van der Waals surface area contributed by atoms with Gasteiger partial charge in [-0.2, -0.15) is 13.2 Å². The van der Waals surface area contributed by atoms with Crippen LogP contribution in [-0.2, 0) is 10.2 Å². The van der Waals surface area contributed by atoms with Gasteiger partial charge in [0.1, 0.15) is 12.3 Å².